The summed E-state index contributed by atoms with van der Waals surface area (Å²) < 4.78 is 0. The fourth-order valence-electron chi connectivity index (χ4n) is 1.68. The van der Waals surface area contributed by atoms with E-state index in [4.69, 9.17) is 0 Å². The molecule has 0 fully saturated rings. The molecule has 4 nitrogen and oxygen atoms in total. The fourth-order valence-corrected chi connectivity index (χ4v) is 1.68. The molecule has 19 heavy (non-hydrogen) atoms. The summed E-state index contributed by atoms with van der Waals surface area (Å²) in [6.07, 6.45) is -0.454. The van der Waals surface area contributed by atoms with Crippen LogP contribution in [0, 0.1) is 5.92 Å². The van der Waals surface area contributed by atoms with E-state index in [1.807, 2.05) is 38.2 Å². The number of hydrogen-bond donors (Lipinski definition) is 3. The first-order valence-electron chi connectivity index (χ1n) is 6.23. The van der Waals surface area contributed by atoms with Crippen molar-refractivity contribution in [3.8, 4) is 0 Å². The quantitative estimate of drug-likeness (QED) is 0.745. The molecule has 0 aliphatic carbocycles. The standard InChI is InChI=1S/C14H22N2O2.ClH/c1-10(8-15-3)14(18)16-9-12-4-6-13(7-5-12)11(2)17;/h4-7,10-11,15,17H,8-9H2,1-3H3,(H,16,18);1H. The van der Waals surface area contributed by atoms with Gasteiger partial charge in [0, 0.05) is 19.0 Å². The Kier molecular flexibility index (Phi) is 8.39. The number of amides is 1. The molecule has 0 bridgehead atoms. The molecule has 1 aromatic carbocycles. The lowest BCUT2D eigenvalue weighted by molar-refractivity contribution is -0.124. The summed E-state index contributed by atoms with van der Waals surface area (Å²) in [6.45, 7) is 4.82. The van der Waals surface area contributed by atoms with Crippen molar-refractivity contribution in [2.75, 3.05) is 13.6 Å². The normalized spacial score (nSPS) is 13.3. The van der Waals surface area contributed by atoms with Crippen LogP contribution in [0.15, 0.2) is 24.3 Å². The molecule has 5 heteroatoms. The number of benzene rings is 1. The number of aliphatic hydroxyl groups excluding tert-OH is 1. The van der Waals surface area contributed by atoms with Crippen LogP contribution in [0.5, 0.6) is 0 Å². The maximum absolute atomic E-state index is 11.7. The van der Waals surface area contributed by atoms with Gasteiger partial charge >= 0.3 is 0 Å². The minimum Gasteiger partial charge on any atom is -0.389 e. The summed E-state index contributed by atoms with van der Waals surface area (Å²) in [5.74, 6) is 0.00990. The van der Waals surface area contributed by atoms with Crippen molar-refractivity contribution in [2.45, 2.75) is 26.5 Å². The molecular formula is C14H23ClN2O2. The highest BCUT2D eigenvalue weighted by atomic mass is 35.5. The zero-order valence-corrected chi connectivity index (χ0v) is 12.5. The van der Waals surface area contributed by atoms with Gasteiger partial charge in [-0.2, -0.15) is 0 Å². The van der Waals surface area contributed by atoms with Crippen molar-refractivity contribution in [3.05, 3.63) is 35.4 Å². The van der Waals surface area contributed by atoms with Crippen LogP contribution < -0.4 is 10.6 Å². The van der Waals surface area contributed by atoms with Crippen LogP contribution in [0.4, 0.5) is 0 Å². The Morgan fingerprint density at radius 3 is 2.32 bits per heavy atom. The van der Waals surface area contributed by atoms with Gasteiger partial charge in [0.1, 0.15) is 0 Å². The lowest BCUT2D eigenvalue weighted by atomic mass is 10.1. The van der Waals surface area contributed by atoms with Crippen molar-refractivity contribution >= 4 is 18.3 Å². The maximum atomic E-state index is 11.7. The first-order chi connectivity index (χ1) is 8.54. The molecule has 2 atom stereocenters. The van der Waals surface area contributed by atoms with E-state index in [0.717, 1.165) is 11.1 Å². The number of carbonyl (C=O) groups excluding carboxylic acids is 1. The van der Waals surface area contributed by atoms with Gasteiger partial charge in [-0.05, 0) is 25.1 Å². The molecule has 108 valence electrons. The monoisotopic (exact) mass is 286 g/mol. The number of nitrogens with one attached hydrogen (secondary N) is 2. The number of halogens is 1. The second-order valence-electron chi connectivity index (χ2n) is 4.59. The van der Waals surface area contributed by atoms with Crippen LogP contribution in [0.2, 0.25) is 0 Å². The van der Waals surface area contributed by atoms with Crippen molar-refractivity contribution < 1.29 is 9.90 Å². The van der Waals surface area contributed by atoms with E-state index in [0.29, 0.717) is 13.1 Å². The lowest BCUT2D eigenvalue weighted by Gasteiger charge is -2.12. The Hall–Kier alpha value is -1.10. The summed E-state index contributed by atoms with van der Waals surface area (Å²) in [5, 5.41) is 15.3. The molecule has 0 heterocycles. The van der Waals surface area contributed by atoms with Gasteiger partial charge in [0.2, 0.25) is 5.91 Å². The summed E-state index contributed by atoms with van der Waals surface area (Å²) >= 11 is 0. The molecule has 0 radical (unpaired) electrons. The minimum absolute atomic E-state index is 0. The van der Waals surface area contributed by atoms with Crippen LogP contribution >= 0.6 is 12.4 Å². The van der Waals surface area contributed by atoms with Gasteiger partial charge in [-0.25, -0.2) is 0 Å². The van der Waals surface area contributed by atoms with E-state index in [-0.39, 0.29) is 24.2 Å². The van der Waals surface area contributed by atoms with Crippen molar-refractivity contribution in [1.29, 1.82) is 0 Å². The minimum atomic E-state index is -0.454. The molecule has 0 aliphatic rings. The number of rotatable bonds is 6. The smallest absolute Gasteiger partial charge is 0.224 e. The number of aliphatic hydroxyl groups is 1. The van der Waals surface area contributed by atoms with E-state index in [9.17, 15) is 9.90 Å². The van der Waals surface area contributed by atoms with E-state index in [1.54, 1.807) is 6.92 Å². The molecule has 0 aliphatic heterocycles. The third kappa shape index (κ3) is 6.05. The Bertz CT molecular complexity index is 380. The highest BCUT2D eigenvalue weighted by Crippen LogP contribution is 2.12. The predicted molar refractivity (Wildman–Crippen MR) is 79.3 cm³/mol. The van der Waals surface area contributed by atoms with Crippen LogP contribution in [0.1, 0.15) is 31.1 Å². The Labute approximate surface area is 121 Å². The van der Waals surface area contributed by atoms with Gasteiger partial charge < -0.3 is 15.7 Å². The summed E-state index contributed by atoms with van der Waals surface area (Å²) in [5.41, 5.74) is 1.91. The highest BCUT2D eigenvalue weighted by molar-refractivity contribution is 5.85. The molecular weight excluding hydrogens is 264 g/mol. The molecule has 0 aromatic heterocycles. The van der Waals surface area contributed by atoms with Crippen LogP contribution in [0.3, 0.4) is 0 Å². The Morgan fingerprint density at radius 2 is 1.84 bits per heavy atom. The van der Waals surface area contributed by atoms with Crippen molar-refractivity contribution in [2.24, 2.45) is 5.92 Å². The van der Waals surface area contributed by atoms with Crippen LogP contribution in [-0.4, -0.2) is 24.6 Å². The largest absolute Gasteiger partial charge is 0.389 e. The SMILES string of the molecule is CNCC(C)C(=O)NCc1ccc(C(C)O)cc1.Cl. The van der Waals surface area contributed by atoms with Crippen LogP contribution in [-0.2, 0) is 11.3 Å². The molecule has 2 unspecified atom stereocenters. The third-order valence-corrected chi connectivity index (χ3v) is 2.89. The van der Waals surface area contributed by atoms with Gasteiger partial charge in [0.25, 0.3) is 0 Å². The summed E-state index contributed by atoms with van der Waals surface area (Å²) in [4.78, 5) is 11.7. The topological polar surface area (TPSA) is 61.4 Å². The van der Waals surface area contributed by atoms with Crippen molar-refractivity contribution in [3.63, 3.8) is 0 Å². The first kappa shape index (κ1) is 17.9. The zero-order valence-electron chi connectivity index (χ0n) is 11.6. The third-order valence-electron chi connectivity index (χ3n) is 2.89. The van der Waals surface area contributed by atoms with Crippen LogP contribution in [0.25, 0.3) is 0 Å². The van der Waals surface area contributed by atoms with Gasteiger partial charge in [-0.3, -0.25) is 4.79 Å². The molecule has 3 N–H and O–H groups in total. The van der Waals surface area contributed by atoms with E-state index in [2.05, 4.69) is 10.6 Å². The average Bonchev–Trinajstić information content (AvgIpc) is 2.36. The summed E-state index contributed by atoms with van der Waals surface area (Å²) in [6, 6.07) is 7.60. The number of hydrogen-bond acceptors (Lipinski definition) is 3. The van der Waals surface area contributed by atoms with Gasteiger partial charge in [0.15, 0.2) is 0 Å². The highest BCUT2D eigenvalue weighted by Gasteiger charge is 2.10. The molecule has 1 rings (SSSR count). The van der Waals surface area contributed by atoms with Gasteiger partial charge in [-0.1, -0.05) is 31.2 Å². The molecule has 1 amide bonds. The fraction of sp³-hybridized carbons (Fsp3) is 0.500. The molecule has 0 spiro atoms. The summed E-state index contributed by atoms with van der Waals surface area (Å²) in [7, 11) is 1.83. The second-order valence-corrected chi connectivity index (χ2v) is 4.59. The first-order valence-corrected chi connectivity index (χ1v) is 6.23. The predicted octanol–water partition coefficient (Wildman–Crippen LogP) is 1.63. The zero-order chi connectivity index (χ0) is 13.5. The van der Waals surface area contributed by atoms with Gasteiger partial charge in [0.05, 0.1) is 6.10 Å². The average molecular weight is 287 g/mol. The lowest BCUT2D eigenvalue weighted by Crippen LogP contribution is -2.33. The van der Waals surface area contributed by atoms with E-state index >= 15 is 0 Å². The Morgan fingerprint density at radius 1 is 1.26 bits per heavy atom. The maximum Gasteiger partial charge on any atom is 0.224 e. The molecule has 1 aromatic rings. The van der Waals surface area contributed by atoms with Crippen molar-refractivity contribution in [1.82, 2.24) is 10.6 Å². The number of carbonyl (C=O) groups is 1. The van der Waals surface area contributed by atoms with E-state index < -0.39 is 6.10 Å². The Balaban J connectivity index is 0.00000324. The van der Waals surface area contributed by atoms with E-state index in [1.165, 1.54) is 0 Å². The van der Waals surface area contributed by atoms with Gasteiger partial charge in [-0.15, -0.1) is 12.4 Å². The molecule has 0 saturated heterocycles. The molecule has 0 saturated carbocycles. The second kappa shape index (κ2) is 8.91.